The number of anilines is 1. The lowest BCUT2D eigenvalue weighted by atomic mass is 10.0. The third-order valence-corrected chi connectivity index (χ3v) is 10.6. The van der Waals surface area contributed by atoms with Gasteiger partial charge in [-0.15, -0.1) is 0 Å². The molecular weight excluding hydrogens is 682 g/mol. The molecule has 0 bridgehead atoms. The number of rotatable bonds is 17. The quantitative estimate of drug-likeness (QED) is 0.173. The Labute approximate surface area is 297 Å². The van der Waals surface area contributed by atoms with Crippen LogP contribution in [0.2, 0.25) is 0 Å². The van der Waals surface area contributed by atoms with E-state index in [-0.39, 0.29) is 49.6 Å². The van der Waals surface area contributed by atoms with Crippen LogP contribution in [0.4, 0.5) is 10.7 Å². The second-order valence-electron chi connectivity index (χ2n) is 13.1. The van der Waals surface area contributed by atoms with Gasteiger partial charge in [0.2, 0.25) is 22.8 Å². The van der Waals surface area contributed by atoms with Gasteiger partial charge in [-0.1, -0.05) is 26.0 Å². The predicted molar refractivity (Wildman–Crippen MR) is 184 cm³/mol. The van der Waals surface area contributed by atoms with Crippen LogP contribution < -0.4 is 24.8 Å². The number of aliphatic hydroxyl groups excluding tert-OH is 1. The molecule has 1 aromatic heterocycles. The zero-order valence-corrected chi connectivity index (χ0v) is 29.5. The molecule has 0 aliphatic carbocycles. The Morgan fingerprint density at radius 3 is 2.63 bits per heavy atom. The number of sulfonamides is 1. The first-order valence-corrected chi connectivity index (χ1v) is 18.6. The van der Waals surface area contributed by atoms with Crippen LogP contribution in [0.5, 0.6) is 17.2 Å². The maximum atomic E-state index is 13.9. The zero-order chi connectivity index (χ0) is 35.8. The van der Waals surface area contributed by atoms with Crippen LogP contribution in [0, 0.1) is 11.8 Å². The predicted octanol–water partition coefficient (Wildman–Crippen LogP) is 3.19. The molecule has 2 fully saturated rings. The lowest BCUT2D eigenvalue weighted by Crippen LogP contribution is -2.51. The van der Waals surface area contributed by atoms with Crippen LogP contribution in [-0.4, -0.2) is 105 Å². The van der Waals surface area contributed by atoms with E-state index in [1.165, 1.54) is 16.4 Å². The molecule has 4 heterocycles. The van der Waals surface area contributed by atoms with E-state index in [2.05, 4.69) is 20.6 Å². The number of nitrogens with zero attached hydrogens (tertiary/aromatic N) is 3. The molecule has 276 valence electrons. The number of benzene rings is 2. The highest BCUT2D eigenvalue weighted by Gasteiger charge is 2.44. The fraction of sp³-hybridized carbons (Fsp3) is 0.514. The van der Waals surface area contributed by atoms with Crippen molar-refractivity contribution >= 4 is 22.1 Å². The van der Waals surface area contributed by atoms with E-state index in [0.29, 0.717) is 49.4 Å². The molecule has 3 aliphatic heterocycles. The van der Waals surface area contributed by atoms with Crippen molar-refractivity contribution in [2.45, 2.75) is 62.5 Å². The molecule has 0 radical (unpaired) electrons. The lowest BCUT2D eigenvalue weighted by molar-refractivity contribution is -0.0907. The van der Waals surface area contributed by atoms with Gasteiger partial charge < -0.3 is 44.2 Å². The van der Waals surface area contributed by atoms with Gasteiger partial charge in [0.25, 0.3) is 0 Å². The van der Waals surface area contributed by atoms with Crippen molar-refractivity contribution in [1.82, 2.24) is 19.6 Å². The highest BCUT2D eigenvalue weighted by atomic mass is 32.2. The third-order valence-electron chi connectivity index (χ3n) is 8.77. The molecule has 0 unspecified atom stereocenters. The summed E-state index contributed by atoms with van der Waals surface area (Å²) in [7, 11) is -4.08. The fourth-order valence-corrected chi connectivity index (χ4v) is 7.82. The number of nitrogens with one attached hydrogen (secondary N) is 2. The minimum Gasteiger partial charge on any atom is -0.494 e. The van der Waals surface area contributed by atoms with E-state index in [0.717, 1.165) is 12.0 Å². The summed E-state index contributed by atoms with van der Waals surface area (Å²) < 4.78 is 62.7. The molecule has 51 heavy (non-hydrogen) atoms. The first kappa shape index (κ1) is 36.6. The average molecular weight is 728 g/mol. The summed E-state index contributed by atoms with van der Waals surface area (Å²) in [6.45, 7) is 5.49. The molecule has 3 N–H and O–H groups in total. The van der Waals surface area contributed by atoms with Crippen LogP contribution in [-0.2, 0) is 30.7 Å². The smallest absolute Gasteiger partial charge is 0.407 e. The van der Waals surface area contributed by atoms with E-state index < -0.39 is 40.7 Å². The summed E-state index contributed by atoms with van der Waals surface area (Å²) in [5.41, 5.74) is 0.789. The highest BCUT2D eigenvalue weighted by Crippen LogP contribution is 2.35. The second kappa shape index (κ2) is 16.9. The van der Waals surface area contributed by atoms with Gasteiger partial charge in [-0.2, -0.15) is 4.31 Å². The molecule has 2 aromatic carbocycles. The fourth-order valence-electron chi connectivity index (χ4n) is 6.18. The van der Waals surface area contributed by atoms with Crippen molar-refractivity contribution < 1.29 is 46.7 Å². The van der Waals surface area contributed by atoms with Gasteiger partial charge in [-0.25, -0.2) is 23.2 Å². The summed E-state index contributed by atoms with van der Waals surface area (Å²) in [5.74, 6) is 1.88. The van der Waals surface area contributed by atoms with Crippen molar-refractivity contribution in [3.8, 4) is 17.2 Å². The summed E-state index contributed by atoms with van der Waals surface area (Å²) in [6.07, 6.45) is 2.03. The summed E-state index contributed by atoms with van der Waals surface area (Å²) in [5, 5.41) is 17.6. The summed E-state index contributed by atoms with van der Waals surface area (Å²) >= 11 is 0. The first-order valence-electron chi connectivity index (χ1n) is 17.2. The molecule has 2 saturated heterocycles. The van der Waals surface area contributed by atoms with Gasteiger partial charge in [-0.3, -0.25) is 0 Å². The van der Waals surface area contributed by atoms with Gasteiger partial charge in [0, 0.05) is 38.1 Å². The standard InChI is InChI=1S/C35H45N5O10S/c1-23(2)19-40(51(43,44)26-9-10-30-31(18-26)49-22-48-30)20-29(41)28(39-35(42)50-32-21-47-33-27(32)11-16-46-33)17-24-5-7-25(8-6-24)45-15-4-14-38-34-36-12-3-13-37-34/h3,5-10,12-13,18,23,27-29,32-33,41H,4,11,14-17,19-22H2,1-2H3,(H,39,42)(H,36,37,38)/t27-,28-,29+,32-,33+/m0/s1. The first-order chi connectivity index (χ1) is 24.7. The monoisotopic (exact) mass is 727 g/mol. The largest absolute Gasteiger partial charge is 0.494 e. The van der Waals surface area contributed by atoms with E-state index in [9.17, 15) is 18.3 Å². The van der Waals surface area contributed by atoms with Gasteiger partial charge in [0.15, 0.2) is 17.8 Å². The van der Waals surface area contributed by atoms with Crippen LogP contribution in [0.15, 0.2) is 65.8 Å². The minimum absolute atomic E-state index is 0.00723. The summed E-state index contributed by atoms with van der Waals surface area (Å²) in [4.78, 5) is 21.5. The van der Waals surface area contributed by atoms with Gasteiger partial charge in [0.1, 0.15) is 11.9 Å². The highest BCUT2D eigenvalue weighted by molar-refractivity contribution is 7.89. The molecule has 3 aromatic rings. The Morgan fingerprint density at radius 2 is 1.84 bits per heavy atom. The second-order valence-corrected chi connectivity index (χ2v) is 15.0. The molecule has 16 heteroatoms. The number of alkyl carbamates (subject to hydrolysis) is 1. The van der Waals surface area contributed by atoms with Crippen LogP contribution in [0.3, 0.4) is 0 Å². The van der Waals surface area contributed by atoms with Gasteiger partial charge in [0.05, 0.1) is 42.8 Å². The normalized spacial score (nSPS) is 20.6. The van der Waals surface area contributed by atoms with Crippen molar-refractivity contribution in [1.29, 1.82) is 0 Å². The number of hydrogen-bond acceptors (Lipinski definition) is 13. The summed E-state index contributed by atoms with van der Waals surface area (Å²) in [6, 6.07) is 12.6. The van der Waals surface area contributed by atoms with Crippen molar-refractivity contribution in [2.24, 2.45) is 11.8 Å². The molecule has 5 atom stereocenters. The number of fused-ring (bicyclic) bond motifs is 2. The van der Waals surface area contributed by atoms with Crippen LogP contribution in [0.1, 0.15) is 32.3 Å². The Hall–Kier alpha value is -4.22. The van der Waals surface area contributed by atoms with Gasteiger partial charge >= 0.3 is 6.09 Å². The number of ether oxygens (including phenoxy) is 6. The molecular formula is C35H45N5O10S. The number of aliphatic hydroxyl groups is 1. The van der Waals surface area contributed by atoms with E-state index in [1.54, 1.807) is 24.5 Å². The van der Waals surface area contributed by atoms with Crippen LogP contribution in [0.25, 0.3) is 0 Å². The molecule has 0 spiro atoms. The molecule has 1 amide bonds. The van der Waals surface area contributed by atoms with Crippen molar-refractivity contribution in [2.75, 3.05) is 51.6 Å². The Bertz CT molecular complexity index is 1700. The Morgan fingerprint density at radius 1 is 1.06 bits per heavy atom. The lowest BCUT2D eigenvalue weighted by Gasteiger charge is -2.31. The Kier molecular flexibility index (Phi) is 12.1. The van der Waals surface area contributed by atoms with Crippen molar-refractivity contribution in [3.63, 3.8) is 0 Å². The maximum absolute atomic E-state index is 13.9. The van der Waals surface area contributed by atoms with Crippen molar-refractivity contribution in [3.05, 3.63) is 66.5 Å². The SMILES string of the molecule is CC(C)CN(C[C@@H](O)[C@H](Cc1ccc(OCCCNc2ncccn2)cc1)NC(=O)O[C@H]1CO[C@H]2OCC[C@H]21)S(=O)(=O)c1ccc2c(c1)OCO2. The number of amides is 1. The number of carbonyl (C=O) groups excluding carboxylic acids is 1. The van der Waals surface area contributed by atoms with E-state index in [1.807, 2.05) is 38.1 Å². The molecule has 15 nitrogen and oxygen atoms in total. The number of hydrogen-bond donors (Lipinski definition) is 3. The number of carbonyl (C=O) groups is 1. The average Bonchev–Trinajstić information content (AvgIpc) is 3.87. The maximum Gasteiger partial charge on any atom is 0.407 e. The molecule has 6 rings (SSSR count). The van der Waals surface area contributed by atoms with Crippen LogP contribution >= 0.6 is 0 Å². The van der Waals surface area contributed by atoms with Gasteiger partial charge in [-0.05, 0) is 61.1 Å². The van der Waals surface area contributed by atoms with E-state index >= 15 is 0 Å². The minimum atomic E-state index is -4.08. The topological polar surface area (TPSA) is 180 Å². The third kappa shape index (κ3) is 9.56. The molecule has 0 saturated carbocycles. The van der Waals surface area contributed by atoms with E-state index in [4.69, 9.17) is 28.4 Å². The Balaban J connectivity index is 1.12. The zero-order valence-electron chi connectivity index (χ0n) is 28.7. The number of aromatic nitrogens is 2. The molecule has 3 aliphatic rings.